The number of fused-ring (bicyclic) bond motifs is 1. The van der Waals surface area contributed by atoms with E-state index in [1.807, 2.05) is 21.9 Å². The lowest BCUT2D eigenvalue weighted by atomic mass is 10.1. The van der Waals surface area contributed by atoms with Gasteiger partial charge < -0.3 is 14.5 Å². The Kier molecular flexibility index (Phi) is 4.22. The first-order valence-corrected chi connectivity index (χ1v) is 9.81. The highest BCUT2D eigenvalue weighted by Crippen LogP contribution is 2.38. The van der Waals surface area contributed by atoms with Gasteiger partial charge in [-0.15, -0.1) is 0 Å². The molecule has 3 heterocycles. The first kappa shape index (κ1) is 17.7. The summed E-state index contributed by atoms with van der Waals surface area (Å²) < 4.78 is 6.69. The molecule has 2 fully saturated rings. The molecule has 9 heteroatoms. The topological polar surface area (TPSA) is 95.8 Å². The van der Waals surface area contributed by atoms with Gasteiger partial charge in [-0.2, -0.15) is 9.50 Å². The Morgan fingerprint density at radius 1 is 1.14 bits per heavy atom. The maximum absolute atomic E-state index is 12.9. The van der Waals surface area contributed by atoms with Crippen LogP contribution in [0.25, 0.3) is 5.78 Å². The number of aromatic nitrogens is 4. The Bertz CT molecular complexity index is 1120. The summed E-state index contributed by atoms with van der Waals surface area (Å²) in [7, 11) is 1.57. The Labute approximate surface area is 166 Å². The molecule has 1 saturated heterocycles. The highest BCUT2D eigenvalue weighted by molar-refractivity contribution is 5.97. The number of amides is 1. The monoisotopic (exact) mass is 394 g/mol. The summed E-state index contributed by atoms with van der Waals surface area (Å²) in [5, 5.41) is 3.05. The van der Waals surface area contributed by atoms with Crippen molar-refractivity contribution in [1.82, 2.24) is 24.5 Å². The second-order valence-electron chi connectivity index (χ2n) is 7.46. The van der Waals surface area contributed by atoms with E-state index in [1.54, 1.807) is 25.3 Å². The van der Waals surface area contributed by atoms with Gasteiger partial charge in [-0.3, -0.25) is 14.7 Å². The van der Waals surface area contributed by atoms with Crippen molar-refractivity contribution in [3.05, 3.63) is 51.9 Å². The summed E-state index contributed by atoms with van der Waals surface area (Å²) in [5.74, 6) is 1.94. The SMILES string of the molecule is COc1ccccc1C(=O)N1CCN(c2nc3nc(C4CC4)cc(=O)n3[nH]2)CC1. The highest BCUT2D eigenvalue weighted by atomic mass is 16.5. The van der Waals surface area contributed by atoms with E-state index in [0.717, 1.165) is 18.5 Å². The van der Waals surface area contributed by atoms with E-state index in [-0.39, 0.29) is 11.5 Å². The highest BCUT2D eigenvalue weighted by Gasteiger charge is 2.28. The van der Waals surface area contributed by atoms with Crippen molar-refractivity contribution in [3.8, 4) is 5.75 Å². The van der Waals surface area contributed by atoms with Crippen LogP contribution in [0.4, 0.5) is 5.95 Å². The number of rotatable bonds is 4. The zero-order valence-corrected chi connectivity index (χ0v) is 16.2. The van der Waals surface area contributed by atoms with Crippen LogP contribution in [0.3, 0.4) is 0 Å². The fraction of sp³-hybridized carbons (Fsp3) is 0.400. The third kappa shape index (κ3) is 3.22. The zero-order chi connectivity index (χ0) is 20.0. The Balaban J connectivity index is 1.32. The molecule has 1 aliphatic carbocycles. The van der Waals surface area contributed by atoms with Crippen molar-refractivity contribution in [2.75, 3.05) is 38.2 Å². The van der Waals surface area contributed by atoms with E-state index in [4.69, 9.17) is 4.74 Å². The number of anilines is 1. The van der Waals surface area contributed by atoms with Gasteiger partial charge in [0.05, 0.1) is 18.4 Å². The normalized spacial score (nSPS) is 17.0. The van der Waals surface area contributed by atoms with E-state index >= 15 is 0 Å². The molecule has 0 bridgehead atoms. The second-order valence-corrected chi connectivity index (χ2v) is 7.46. The van der Waals surface area contributed by atoms with Crippen molar-refractivity contribution in [2.24, 2.45) is 0 Å². The Morgan fingerprint density at radius 2 is 1.90 bits per heavy atom. The summed E-state index contributed by atoms with van der Waals surface area (Å²) >= 11 is 0. The van der Waals surface area contributed by atoms with Crippen molar-refractivity contribution in [2.45, 2.75) is 18.8 Å². The summed E-state index contributed by atoms with van der Waals surface area (Å²) in [6.07, 6.45) is 2.17. The maximum atomic E-state index is 12.9. The Morgan fingerprint density at radius 3 is 2.62 bits per heavy atom. The number of hydrogen-bond acceptors (Lipinski definition) is 6. The standard InChI is InChI=1S/C20H22N6O3/c1-29-16-5-3-2-4-14(16)18(28)24-8-10-25(11-9-24)20-22-19-21-15(13-6-7-13)12-17(27)26(19)23-20/h2-5,12-13H,6-11H2,1H3,(H,21,22,23). The molecule has 2 aliphatic rings. The van der Waals surface area contributed by atoms with Crippen LogP contribution < -0.4 is 15.2 Å². The van der Waals surface area contributed by atoms with E-state index in [2.05, 4.69) is 15.1 Å². The summed E-state index contributed by atoms with van der Waals surface area (Å²) in [5.41, 5.74) is 1.26. The predicted octanol–water partition coefficient (Wildman–Crippen LogP) is 1.27. The number of piperazine rings is 1. The van der Waals surface area contributed by atoms with Crippen LogP contribution in [-0.4, -0.2) is 63.7 Å². The van der Waals surface area contributed by atoms with E-state index in [0.29, 0.717) is 55.1 Å². The molecule has 9 nitrogen and oxygen atoms in total. The molecule has 29 heavy (non-hydrogen) atoms. The molecule has 0 atom stereocenters. The van der Waals surface area contributed by atoms with Gasteiger partial charge in [0.2, 0.25) is 5.95 Å². The molecule has 1 saturated carbocycles. The van der Waals surface area contributed by atoms with Crippen LogP contribution >= 0.6 is 0 Å². The van der Waals surface area contributed by atoms with Gasteiger partial charge in [0, 0.05) is 38.2 Å². The fourth-order valence-corrected chi connectivity index (χ4v) is 3.73. The van der Waals surface area contributed by atoms with Gasteiger partial charge in [0.25, 0.3) is 17.2 Å². The minimum Gasteiger partial charge on any atom is -0.496 e. The van der Waals surface area contributed by atoms with Crippen molar-refractivity contribution in [1.29, 1.82) is 0 Å². The van der Waals surface area contributed by atoms with Gasteiger partial charge in [-0.05, 0) is 25.0 Å². The fourth-order valence-electron chi connectivity index (χ4n) is 3.73. The minimum atomic E-state index is -0.138. The van der Waals surface area contributed by atoms with Gasteiger partial charge in [-0.25, -0.2) is 4.98 Å². The number of benzene rings is 1. The predicted molar refractivity (Wildman–Crippen MR) is 107 cm³/mol. The number of para-hydroxylation sites is 1. The smallest absolute Gasteiger partial charge is 0.274 e. The van der Waals surface area contributed by atoms with Crippen LogP contribution in [0.5, 0.6) is 5.75 Å². The average Bonchev–Trinajstić information content (AvgIpc) is 3.52. The quantitative estimate of drug-likeness (QED) is 0.716. The third-order valence-corrected chi connectivity index (χ3v) is 5.54. The second kappa shape index (κ2) is 6.91. The van der Waals surface area contributed by atoms with Crippen molar-refractivity contribution < 1.29 is 9.53 Å². The lowest BCUT2D eigenvalue weighted by Gasteiger charge is -2.34. The number of carbonyl (C=O) groups excluding carboxylic acids is 1. The minimum absolute atomic E-state index is 0.0429. The van der Waals surface area contributed by atoms with Gasteiger partial charge in [-0.1, -0.05) is 12.1 Å². The summed E-state index contributed by atoms with van der Waals surface area (Å²) in [6.45, 7) is 2.35. The molecule has 5 rings (SSSR count). The molecule has 150 valence electrons. The number of hydrogen-bond donors (Lipinski definition) is 1. The molecule has 1 aliphatic heterocycles. The van der Waals surface area contributed by atoms with Crippen molar-refractivity contribution >= 4 is 17.6 Å². The molecular formula is C20H22N6O3. The molecule has 0 unspecified atom stereocenters. The first-order chi connectivity index (χ1) is 14.1. The third-order valence-electron chi connectivity index (χ3n) is 5.54. The molecule has 1 amide bonds. The molecule has 3 aromatic rings. The summed E-state index contributed by atoms with van der Waals surface area (Å²) in [6, 6.07) is 8.85. The van der Waals surface area contributed by atoms with E-state index in [1.165, 1.54) is 4.52 Å². The van der Waals surface area contributed by atoms with Crippen LogP contribution in [0.15, 0.2) is 35.1 Å². The van der Waals surface area contributed by atoms with Crippen LogP contribution in [-0.2, 0) is 0 Å². The molecule has 0 radical (unpaired) electrons. The lowest BCUT2D eigenvalue weighted by Crippen LogP contribution is -2.49. The lowest BCUT2D eigenvalue weighted by molar-refractivity contribution is 0.0743. The van der Waals surface area contributed by atoms with E-state index < -0.39 is 0 Å². The van der Waals surface area contributed by atoms with Crippen LogP contribution in [0.1, 0.15) is 34.8 Å². The zero-order valence-electron chi connectivity index (χ0n) is 16.2. The molecule has 2 aromatic heterocycles. The number of methoxy groups -OCH3 is 1. The van der Waals surface area contributed by atoms with E-state index in [9.17, 15) is 9.59 Å². The van der Waals surface area contributed by atoms with Crippen LogP contribution in [0, 0.1) is 0 Å². The number of aromatic amines is 1. The maximum Gasteiger partial charge on any atom is 0.274 e. The number of carbonyl (C=O) groups is 1. The average molecular weight is 394 g/mol. The Hall–Kier alpha value is -3.36. The number of H-pyrrole nitrogens is 1. The van der Waals surface area contributed by atoms with Gasteiger partial charge in [0.1, 0.15) is 5.75 Å². The molecular weight excluding hydrogens is 372 g/mol. The number of ether oxygens (including phenoxy) is 1. The number of nitrogens with zero attached hydrogens (tertiary/aromatic N) is 5. The first-order valence-electron chi connectivity index (χ1n) is 9.81. The van der Waals surface area contributed by atoms with Crippen LogP contribution in [0.2, 0.25) is 0 Å². The van der Waals surface area contributed by atoms with Crippen molar-refractivity contribution in [3.63, 3.8) is 0 Å². The molecule has 1 aromatic carbocycles. The molecule has 0 spiro atoms. The number of nitrogens with one attached hydrogen (secondary N) is 1. The van der Waals surface area contributed by atoms with Gasteiger partial charge in [0.15, 0.2) is 0 Å². The van der Waals surface area contributed by atoms with Gasteiger partial charge >= 0.3 is 0 Å². The largest absolute Gasteiger partial charge is 0.496 e. The summed E-state index contributed by atoms with van der Waals surface area (Å²) in [4.78, 5) is 38.1. The molecule has 1 N–H and O–H groups in total.